The zero-order valence-corrected chi connectivity index (χ0v) is 26.8. The number of imidazole rings is 1. The summed E-state index contributed by atoms with van der Waals surface area (Å²) in [6, 6.07) is 1.56. The van der Waals surface area contributed by atoms with Gasteiger partial charge in [-0.15, -0.1) is 11.8 Å². The molecule has 4 aromatic rings. The number of rotatable bonds is 9. The lowest BCUT2D eigenvalue weighted by atomic mass is 10.1. The van der Waals surface area contributed by atoms with Crippen molar-refractivity contribution in [1.29, 1.82) is 0 Å². The number of aliphatic hydroxyl groups excluding tert-OH is 1. The predicted octanol–water partition coefficient (Wildman–Crippen LogP) is 1.81. The monoisotopic (exact) mass is 725 g/mol. The van der Waals surface area contributed by atoms with Crippen LogP contribution in [0.5, 0.6) is 0 Å². The van der Waals surface area contributed by atoms with E-state index >= 15 is 8.78 Å². The fraction of sp³-hybridized carbons (Fsp3) is 0.476. The highest BCUT2D eigenvalue weighted by Gasteiger charge is 2.80. The van der Waals surface area contributed by atoms with Gasteiger partial charge in [-0.25, -0.2) is 28.3 Å². The largest absolute Gasteiger partial charge is 0.387 e. The third kappa shape index (κ3) is 5.19. The van der Waals surface area contributed by atoms with Crippen LogP contribution in [0.25, 0.3) is 22.2 Å². The van der Waals surface area contributed by atoms with Crippen LogP contribution in [0.2, 0.25) is 0 Å². The van der Waals surface area contributed by atoms with Gasteiger partial charge < -0.3 is 30.4 Å². The smallest absolute Gasteiger partial charge is 0.386 e. The molecule has 3 fully saturated rings. The van der Waals surface area contributed by atoms with Gasteiger partial charge in [0.25, 0.3) is 5.56 Å². The first-order valence-corrected chi connectivity index (χ1v) is 19.2. The molecular weight excluding hydrogens is 702 g/mol. The normalized spacial score (nSPS) is 34.7. The summed E-state index contributed by atoms with van der Waals surface area (Å²) in [5.74, 6) is -0.0618. The summed E-state index contributed by atoms with van der Waals surface area (Å²) in [5.41, 5.74) is 8.72. The molecule has 3 aliphatic rings. The summed E-state index contributed by atoms with van der Waals surface area (Å²) in [6.45, 7) is -5.18. The zero-order valence-electron chi connectivity index (χ0n) is 22.3. The molecule has 6 heterocycles. The Balaban J connectivity index is 1.11. The SMILES string of the molecule is Nc1nc2c(ncn2[C@@H]2S[C@@H]3C(O[PH](=O)S)[C@]3(F)[C@H]2OP(=O)(S)OC[C@H]2O[C@@H](n3ccc4c(N)ncnc43)[C@@H](F)[C@@H]2O)c(=O)[nH]1. The number of nitrogens with zero attached hydrogens (tertiary/aromatic N) is 6. The molecule has 6 N–H and O–H groups in total. The van der Waals surface area contributed by atoms with Gasteiger partial charge in [0.1, 0.15) is 47.6 Å². The second-order valence-electron chi connectivity index (χ2n) is 10.4. The molecule has 3 unspecified atom stereocenters. The van der Waals surface area contributed by atoms with Gasteiger partial charge in [-0.2, -0.15) is 4.98 Å². The molecule has 45 heavy (non-hydrogen) atoms. The Labute approximate surface area is 265 Å². The first-order chi connectivity index (χ1) is 21.3. The molecule has 17 nitrogen and oxygen atoms in total. The van der Waals surface area contributed by atoms with E-state index in [2.05, 4.69) is 49.4 Å². The Hall–Kier alpha value is -2.26. The van der Waals surface area contributed by atoms with Gasteiger partial charge in [-0.05, 0) is 6.07 Å². The van der Waals surface area contributed by atoms with Crippen molar-refractivity contribution in [1.82, 2.24) is 34.1 Å². The molecule has 1 saturated carbocycles. The fourth-order valence-electron chi connectivity index (χ4n) is 5.59. The Morgan fingerprint density at radius 3 is 2.80 bits per heavy atom. The Bertz CT molecular complexity index is 1950. The van der Waals surface area contributed by atoms with Crippen LogP contribution >= 0.6 is 50.3 Å². The number of aliphatic hydroxyl groups is 1. The number of thiol groups is 2. The molecule has 2 aliphatic heterocycles. The third-order valence-corrected chi connectivity index (χ3v) is 11.8. The molecule has 1 aliphatic carbocycles. The molecule has 4 aromatic heterocycles. The molecule has 0 spiro atoms. The van der Waals surface area contributed by atoms with Crippen molar-refractivity contribution in [2.24, 2.45) is 0 Å². The van der Waals surface area contributed by atoms with Crippen LogP contribution in [0.3, 0.4) is 0 Å². The van der Waals surface area contributed by atoms with Crippen molar-refractivity contribution < 1.29 is 41.3 Å². The van der Waals surface area contributed by atoms with Crippen molar-refractivity contribution >= 4 is 84.3 Å². The van der Waals surface area contributed by atoms with Gasteiger partial charge in [0, 0.05) is 6.20 Å². The minimum Gasteiger partial charge on any atom is -0.387 e. The van der Waals surface area contributed by atoms with Crippen molar-refractivity contribution in [2.75, 3.05) is 18.1 Å². The average molecular weight is 726 g/mol. The first-order valence-electron chi connectivity index (χ1n) is 13.0. The number of ether oxygens (including phenoxy) is 1. The zero-order chi connectivity index (χ0) is 32.0. The number of halogens is 2. The van der Waals surface area contributed by atoms with E-state index in [1.807, 2.05) is 0 Å². The van der Waals surface area contributed by atoms with Crippen LogP contribution in [0, 0.1) is 0 Å². The molecule has 7 rings (SSSR count). The number of nitrogen functional groups attached to an aromatic ring is 2. The highest BCUT2D eigenvalue weighted by atomic mass is 32.7. The summed E-state index contributed by atoms with van der Waals surface area (Å²) in [5, 5.41) is 9.03. The summed E-state index contributed by atoms with van der Waals surface area (Å²) in [6.07, 6.45) is -5.39. The van der Waals surface area contributed by atoms with Gasteiger partial charge in [0.15, 0.2) is 29.2 Å². The number of aromatic nitrogens is 7. The van der Waals surface area contributed by atoms with E-state index in [9.17, 15) is 19.0 Å². The molecule has 242 valence electrons. The van der Waals surface area contributed by atoms with Crippen LogP contribution in [0.4, 0.5) is 20.5 Å². The number of hydrogen-bond donors (Lipinski definition) is 6. The number of fused-ring (bicyclic) bond motifs is 3. The Kier molecular flexibility index (Phi) is 7.78. The van der Waals surface area contributed by atoms with Gasteiger partial charge in [-0.3, -0.25) is 28.0 Å². The second kappa shape index (κ2) is 11.2. The third-order valence-electron chi connectivity index (χ3n) is 7.73. The summed E-state index contributed by atoms with van der Waals surface area (Å²) in [7, 11) is -2.88. The van der Waals surface area contributed by atoms with E-state index in [1.165, 1.54) is 28.0 Å². The fourth-order valence-corrected chi connectivity index (χ4v) is 9.91. The van der Waals surface area contributed by atoms with E-state index < -0.39 is 79.3 Å². The van der Waals surface area contributed by atoms with Gasteiger partial charge in [-0.1, -0.05) is 24.5 Å². The number of anilines is 2. The second-order valence-corrected chi connectivity index (χ2v) is 16.4. The van der Waals surface area contributed by atoms with E-state index in [0.717, 1.165) is 11.8 Å². The lowest BCUT2D eigenvalue weighted by Crippen LogP contribution is -2.35. The molecule has 2 saturated heterocycles. The molecule has 11 atom stereocenters. The number of hydrogen-bond acceptors (Lipinski definition) is 15. The number of alkyl halides is 2. The van der Waals surface area contributed by atoms with Crippen molar-refractivity contribution in [2.45, 2.75) is 53.1 Å². The number of H-pyrrole nitrogens is 1. The predicted molar refractivity (Wildman–Crippen MR) is 164 cm³/mol. The molecule has 24 heteroatoms. The number of thioether (sulfide) groups is 1. The quantitative estimate of drug-likeness (QED) is 0.107. The van der Waals surface area contributed by atoms with Crippen LogP contribution in [-0.4, -0.2) is 87.3 Å². The maximum Gasteiger partial charge on any atom is 0.386 e. The topological polar surface area (TPSA) is 238 Å². The van der Waals surface area contributed by atoms with Crippen LogP contribution < -0.4 is 17.0 Å². The van der Waals surface area contributed by atoms with Gasteiger partial charge in [0.05, 0.1) is 23.6 Å². The maximum absolute atomic E-state index is 16.4. The number of nitrogens with one attached hydrogen (secondary N) is 1. The number of aromatic amines is 1. The Morgan fingerprint density at radius 2 is 2.04 bits per heavy atom. The van der Waals surface area contributed by atoms with E-state index in [-0.39, 0.29) is 28.6 Å². The highest BCUT2D eigenvalue weighted by Crippen LogP contribution is 2.71. The van der Waals surface area contributed by atoms with E-state index in [4.69, 9.17) is 29.8 Å². The first kappa shape index (κ1) is 31.3. The molecule has 0 radical (unpaired) electrons. The van der Waals surface area contributed by atoms with E-state index in [1.54, 1.807) is 6.07 Å². The van der Waals surface area contributed by atoms with Gasteiger partial charge in [0.2, 0.25) is 13.2 Å². The summed E-state index contributed by atoms with van der Waals surface area (Å²) in [4.78, 5) is 30.7. The van der Waals surface area contributed by atoms with Crippen LogP contribution in [0.1, 0.15) is 11.6 Å². The maximum atomic E-state index is 16.4. The highest BCUT2D eigenvalue weighted by molar-refractivity contribution is 8.44. The Morgan fingerprint density at radius 1 is 1.27 bits per heavy atom. The average Bonchev–Trinajstić information content (AvgIpc) is 3.49. The van der Waals surface area contributed by atoms with Crippen molar-refractivity contribution in [3.8, 4) is 0 Å². The minimum atomic E-state index is -4.51. The minimum absolute atomic E-state index is 0.00512. The van der Waals surface area contributed by atoms with Crippen LogP contribution in [0.15, 0.2) is 29.7 Å². The van der Waals surface area contributed by atoms with Gasteiger partial charge >= 0.3 is 6.80 Å². The standard InChI is InChI=1S/C21H23F2N9O8P2S3/c22-8-10(33)7(38-18(8)31-2-1-6-14(24)26-4-27-15(6)31)3-37-42(36,44)40-12-19(45-13-11(21(12,13)23)39-41(35)43)32-5-28-9-16(32)29-20(25)30-17(9)34/h1-2,4-5,7-8,10-13,18-19,33,41H,3H2,(H,35,43)(H,36,44)(H2,24,26,27)(H3,25,29,30,34)/t7-,8+,10-,11?,12+,13-,18-,19-,21+,42?/m1/s1. The molecule has 0 bridgehead atoms. The molecular formula is C21H23F2N9O8P2S3. The molecule has 0 amide bonds. The lowest BCUT2D eigenvalue weighted by Gasteiger charge is -2.29. The lowest BCUT2D eigenvalue weighted by molar-refractivity contribution is -0.0450. The van der Waals surface area contributed by atoms with Crippen LogP contribution in [-0.2, 0) is 27.4 Å². The summed E-state index contributed by atoms with van der Waals surface area (Å²) < 4.78 is 81.4. The van der Waals surface area contributed by atoms with Crippen molar-refractivity contribution in [3.63, 3.8) is 0 Å². The number of nitrogens with two attached hydrogens (primary N) is 2. The summed E-state index contributed by atoms with van der Waals surface area (Å²) >= 11 is 8.71. The molecule has 0 aromatic carbocycles. The van der Waals surface area contributed by atoms with Crippen molar-refractivity contribution in [3.05, 3.63) is 35.3 Å². The van der Waals surface area contributed by atoms with E-state index in [0.29, 0.717) is 5.39 Å².